The molecule has 0 radical (unpaired) electrons. The van der Waals surface area contributed by atoms with Crippen molar-refractivity contribution in [3.63, 3.8) is 0 Å². The molecule has 0 saturated heterocycles. The van der Waals surface area contributed by atoms with Crippen LogP contribution in [0.3, 0.4) is 0 Å². The maximum absolute atomic E-state index is 13.9. The van der Waals surface area contributed by atoms with Crippen LogP contribution in [0.15, 0.2) is 72.8 Å². The number of anilines is 1. The molecule has 0 aliphatic carbocycles. The summed E-state index contributed by atoms with van der Waals surface area (Å²) < 4.78 is 26.8. The van der Waals surface area contributed by atoms with Crippen molar-refractivity contribution in [1.29, 1.82) is 0 Å². The normalized spacial score (nSPS) is 12.8. The van der Waals surface area contributed by atoms with Crippen LogP contribution in [0.5, 0.6) is 0 Å². The summed E-state index contributed by atoms with van der Waals surface area (Å²) in [6.45, 7) is 8.11. The quantitative estimate of drug-likeness (QED) is 0.240. The summed E-state index contributed by atoms with van der Waals surface area (Å²) in [6.07, 6.45) is 2.63. The van der Waals surface area contributed by atoms with Gasteiger partial charge in [-0.3, -0.25) is 13.9 Å². The molecule has 2 atom stereocenters. The zero-order valence-electron chi connectivity index (χ0n) is 25.1. The Labute approximate surface area is 255 Å². The monoisotopic (exact) mass is 611 g/mol. The number of halogens is 1. The number of aryl methyl sites for hydroxylation is 2. The van der Waals surface area contributed by atoms with E-state index in [0.717, 1.165) is 28.7 Å². The fourth-order valence-corrected chi connectivity index (χ4v) is 6.09. The van der Waals surface area contributed by atoms with Crippen molar-refractivity contribution in [2.75, 3.05) is 17.1 Å². The lowest BCUT2D eigenvalue weighted by molar-refractivity contribution is -0.141. The summed E-state index contributed by atoms with van der Waals surface area (Å²) >= 11 is 6.26. The lowest BCUT2D eigenvalue weighted by Crippen LogP contribution is -2.52. The number of carbonyl (C=O) groups is 2. The molecule has 3 aromatic carbocycles. The van der Waals surface area contributed by atoms with E-state index in [9.17, 15) is 18.0 Å². The van der Waals surface area contributed by atoms with Gasteiger partial charge in [-0.1, -0.05) is 67.1 Å². The molecule has 0 aliphatic rings. The summed E-state index contributed by atoms with van der Waals surface area (Å²) in [5.41, 5.74) is 4.23. The molecular formula is C33H42ClN3O4S. The van der Waals surface area contributed by atoms with Crippen LogP contribution in [0.25, 0.3) is 0 Å². The summed E-state index contributed by atoms with van der Waals surface area (Å²) in [4.78, 5) is 29.2. The molecule has 0 heterocycles. The number of hydrogen-bond acceptors (Lipinski definition) is 4. The average Bonchev–Trinajstić information content (AvgIpc) is 2.92. The van der Waals surface area contributed by atoms with E-state index in [4.69, 9.17) is 11.6 Å². The van der Waals surface area contributed by atoms with Crippen molar-refractivity contribution >= 4 is 39.1 Å². The SMILES string of the molecule is CCC(C)NC(=O)C(Cc1ccccc1)N(Cc1cccc(Cl)c1)C(=O)CCCN(c1cc(C)cc(C)c1)S(C)(=O)=O. The second-order valence-electron chi connectivity index (χ2n) is 11.0. The number of hydrogen-bond donors (Lipinski definition) is 1. The molecule has 0 bridgehead atoms. The van der Waals surface area contributed by atoms with Crippen LogP contribution < -0.4 is 9.62 Å². The maximum atomic E-state index is 13.9. The Morgan fingerprint density at radius 1 is 0.929 bits per heavy atom. The minimum atomic E-state index is -3.58. The second kappa shape index (κ2) is 15.2. The highest BCUT2D eigenvalue weighted by atomic mass is 35.5. The van der Waals surface area contributed by atoms with Gasteiger partial charge in [-0.05, 0) is 80.1 Å². The molecular weight excluding hydrogens is 570 g/mol. The van der Waals surface area contributed by atoms with Crippen LogP contribution in [0.1, 0.15) is 55.4 Å². The number of rotatable bonds is 14. The van der Waals surface area contributed by atoms with Gasteiger partial charge in [0.25, 0.3) is 0 Å². The van der Waals surface area contributed by atoms with Crippen LogP contribution in [0.4, 0.5) is 5.69 Å². The van der Waals surface area contributed by atoms with E-state index < -0.39 is 16.1 Å². The largest absolute Gasteiger partial charge is 0.352 e. The Bertz CT molecular complexity index is 1440. The van der Waals surface area contributed by atoms with Gasteiger partial charge >= 0.3 is 0 Å². The number of amides is 2. The Morgan fingerprint density at radius 2 is 1.57 bits per heavy atom. The number of nitrogens with one attached hydrogen (secondary N) is 1. The third kappa shape index (κ3) is 9.88. The lowest BCUT2D eigenvalue weighted by atomic mass is 10.0. The van der Waals surface area contributed by atoms with E-state index in [1.807, 2.05) is 88.4 Å². The van der Waals surface area contributed by atoms with E-state index in [-0.39, 0.29) is 43.8 Å². The average molecular weight is 612 g/mol. The van der Waals surface area contributed by atoms with Crippen LogP contribution in [-0.4, -0.2) is 50.0 Å². The zero-order chi connectivity index (χ0) is 30.9. The van der Waals surface area contributed by atoms with Gasteiger partial charge in [-0.15, -0.1) is 0 Å². The van der Waals surface area contributed by atoms with Crippen LogP contribution in [-0.2, 0) is 32.6 Å². The van der Waals surface area contributed by atoms with Crippen LogP contribution in [0.2, 0.25) is 5.02 Å². The number of benzene rings is 3. The van der Waals surface area contributed by atoms with Crippen molar-refractivity contribution in [2.45, 2.75) is 72.0 Å². The smallest absolute Gasteiger partial charge is 0.243 e. The van der Waals surface area contributed by atoms with Gasteiger partial charge in [0.1, 0.15) is 6.04 Å². The van der Waals surface area contributed by atoms with E-state index in [1.54, 1.807) is 17.0 Å². The van der Waals surface area contributed by atoms with E-state index >= 15 is 0 Å². The van der Waals surface area contributed by atoms with Gasteiger partial charge in [0.15, 0.2) is 0 Å². The first-order valence-corrected chi connectivity index (χ1v) is 16.5. The fourth-order valence-electron chi connectivity index (χ4n) is 4.93. The molecule has 0 saturated carbocycles. The molecule has 1 N–H and O–H groups in total. The molecule has 0 fully saturated rings. The minimum absolute atomic E-state index is 0.0556. The standard InChI is InChI=1S/C33H42ClN3O4S/c1-6-26(4)35-33(39)31(22-27-12-8-7-9-13-27)36(23-28-14-10-15-29(34)21-28)32(38)16-11-17-37(42(5,40)41)30-19-24(2)18-25(3)20-30/h7-10,12-15,18-21,26,31H,6,11,16-17,22-23H2,1-5H3,(H,35,39). The van der Waals surface area contributed by atoms with Crippen molar-refractivity contribution in [2.24, 2.45) is 0 Å². The molecule has 3 aromatic rings. The minimum Gasteiger partial charge on any atom is -0.352 e. The van der Waals surface area contributed by atoms with Crippen molar-refractivity contribution in [3.8, 4) is 0 Å². The van der Waals surface area contributed by atoms with E-state index in [1.165, 1.54) is 10.6 Å². The molecule has 9 heteroatoms. The van der Waals surface area contributed by atoms with Gasteiger partial charge in [0.2, 0.25) is 21.8 Å². The zero-order valence-corrected chi connectivity index (χ0v) is 26.7. The van der Waals surface area contributed by atoms with Crippen molar-refractivity contribution in [1.82, 2.24) is 10.2 Å². The highest BCUT2D eigenvalue weighted by Gasteiger charge is 2.31. The highest BCUT2D eigenvalue weighted by Crippen LogP contribution is 2.23. The first-order chi connectivity index (χ1) is 19.9. The molecule has 2 unspecified atom stereocenters. The summed E-state index contributed by atoms with van der Waals surface area (Å²) in [6, 6.07) is 21.7. The number of sulfonamides is 1. The maximum Gasteiger partial charge on any atom is 0.243 e. The van der Waals surface area contributed by atoms with Crippen LogP contribution >= 0.6 is 11.6 Å². The van der Waals surface area contributed by atoms with Gasteiger partial charge in [0.05, 0.1) is 11.9 Å². The third-order valence-corrected chi connectivity index (χ3v) is 8.59. The topological polar surface area (TPSA) is 86.8 Å². The summed E-state index contributed by atoms with van der Waals surface area (Å²) in [7, 11) is -3.58. The van der Waals surface area contributed by atoms with E-state index in [2.05, 4.69) is 5.32 Å². The molecule has 42 heavy (non-hydrogen) atoms. The first-order valence-electron chi connectivity index (χ1n) is 14.3. The summed E-state index contributed by atoms with van der Waals surface area (Å²) in [5, 5.41) is 3.60. The Hall–Kier alpha value is -3.36. The molecule has 7 nitrogen and oxygen atoms in total. The predicted octanol–water partition coefficient (Wildman–Crippen LogP) is 6.06. The summed E-state index contributed by atoms with van der Waals surface area (Å²) in [5.74, 6) is -0.458. The first kappa shape index (κ1) is 33.1. The van der Waals surface area contributed by atoms with Crippen LogP contribution in [0, 0.1) is 13.8 Å². The Balaban J connectivity index is 1.90. The molecule has 0 aliphatic heterocycles. The highest BCUT2D eigenvalue weighted by molar-refractivity contribution is 7.92. The van der Waals surface area contributed by atoms with Crippen molar-refractivity contribution in [3.05, 3.63) is 100 Å². The van der Waals surface area contributed by atoms with Gasteiger partial charge in [-0.2, -0.15) is 0 Å². The third-order valence-electron chi connectivity index (χ3n) is 7.16. The van der Waals surface area contributed by atoms with Crippen molar-refractivity contribution < 1.29 is 18.0 Å². The predicted molar refractivity (Wildman–Crippen MR) is 171 cm³/mol. The molecule has 3 rings (SSSR count). The number of carbonyl (C=O) groups excluding carboxylic acids is 2. The van der Waals surface area contributed by atoms with Gasteiger partial charge in [-0.25, -0.2) is 8.42 Å². The Morgan fingerprint density at radius 3 is 2.17 bits per heavy atom. The molecule has 226 valence electrons. The second-order valence-corrected chi connectivity index (χ2v) is 13.3. The fraction of sp³-hybridized carbons (Fsp3) is 0.394. The molecule has 2 amide bonds. The lowest BCUT2D eigenvalue weighted by Gasteiger charge is -2.33. The molecule has 0 aromatic heterocycles. The van der Waals surface area contributed by atoms with Gasteiger partial charge in [0, 0.05) is 37.0 Å². The van der Waals surface area contributed by atoms with E-state index in [0.29, 0.717) is 17.1 Å². The Kier molecular flexibility index (Phi) is 12.0. The molecule has 0 spiro atoms. The van der Waals surface area contributed by atoms with Gasteiger partial charge < -0.3 is 10.2 Å². The number of nitrogens with zero attached hydrogens (tertiary/aromatic N) is 2.